The number of halogens is 3. The molecular weight excluding hydrogens is 305 g/mol. The van der Waals surface area contributed by atoms with E-state index in [0.29, 0.717) is 11.1 Å². The van der Waals surface area contributed by atoms with Crippen LogP contribution in [0.1, 0.15) is 41.3 Å². The second kappa shape index (κ2) is 6.44. The van der Waals surface area contributed by atoms with E-state index in [0.717, 1.165) is 24.8 Å². The van der Waals surface area contributed by atoms with Gasteiger partial charge in [0.2, 0.25) is 0 Å². The molecule has 0 atom stereocenters. The van der Waals surface area contributed by atoms with Gasteiger partial charge in [0.1, 0.15) is 0 Å². The lowest BCUT2D eigenvalue weighted by molar-refractivity contribution is -0.137. The molecule has 0 aromatic heterocycles. The number of esters is 1. The summed E-state index contributed by atoms with van der Waals surface area (Å²) in [5.41, 5.74) is 1.18. The predicted octanol–water partition coefficient (Wildman–Crippen LogP) is 5.28. The average Bonchev–Trinajstić information content (AvgIpc) is 2.52. The maximum Gasteiger partial charge on any atom is 0.416 e. The lowest BCUT2D eigenvalue weighted by Gasteiger charge is -2.14. The van der Waals surface area contributed by atoms with E-state index in [1.165, 1.54) is 6.07 Å². The molecule has 0 spiro atoms. The van der Waals surface area contributed by atoms with Gasteiger partial charge in [-0.2, -0.15) is 13.2 Å². The Labute approximate surface area is 132 Å². The topological polar surface area (TPSA) is 26.3 Å². The van der Waals surface area contributed by atoms with Gasteiger partial charge in [0.15, 0.2) is 0 Å². The molecule has 0 saturated heterocycles. The van der Waals surface area contributed by atoms with Crippen LogP contribution in [0.3, 0.4) is 0 Å². The summed E-state index contributed by atoms with van der Waals surface area (Å²) in [6.07, 6.45) is -4.51. The predicted molar refractivity (Wildman–Crippen MR) is 82.3 cm³/mol. The number of hydrogen-bond acceptors (Lipinski definition) is 2. The Morgan fingerprint density at radius 2 is 1.78 bits per heavy atom. The van der Waals surface area contributed by atoms with Crippen molar-refractivity contribution in [1.29, 1.82) is 0 Å². The number of carbonyl (C=O) groups excluding carboxylic acids is 1. The molecule has 0 unspecified atom stereocenters. The Balaban J connectivity index is 2.62. The Morgan fingerprint density at radius 1 is 1.09 bits per heavy atom. The first kappa shape index (κ1) is 17.1. The van der Waals surface area contributed by atoms with Gasteiger partial charge in [-0.05, 0) is 34.7 Å². The summed E-state index contributed by atoms with van der Waals surface area (Å²) in [7, 11) is 1.15. The summed E-state index contributed by atoms with van der Waals surface area (Å²) in [4.78, 5) is 11.9. The Kier molecular flexibility index (Phi) is 4.78. The zero-order valence-corrected chi connectivity index (χ0v) is 13.1. The zero-order chi connectivity index (χ0) is 17.2. The number of carbonyl (C=O) groups is 1. The molecule has 0 aliphatic rings. The smallest absolute Gasteiger partial charge is 0.416 e. The SMILES string of the molecule is COC(=O)c1cc(C(F)(F)F)ccc1-c1cccc(C(C)C)c1. The van der Waals surface area contributed by atoms with Gasteiger partial charge in [0.25, 0.3) is 0 Å². The third-order valence-corrected chi connectivity index (χ3v) is 3.62. The van der Waals surface area contributed by atoms with Gasteiger partial charge in [-0.15, -0.1) is 0 Å². The minimum absolute atomic E-state index is 0.0942. The average molecular weight is 322 g/mol. The van der Waals surface area contributed by atoms with Gasteiger partial charge in [-0.25, -0.2) is 4.79 Å². The first-order valence-corrected chi connectivity index (χ1v) is 7.14. The summed E-state index contributed by atoms with van der Waals surface area (Å²) in [5, 5.41) is 0. The van der Waals surface area contributed by atoms with Gasteiger partial charge in [-0.3, -0.25) is 0 Å². The van der Waals surface area contributed by atoms with E-state index in [2.05, 4.69) is 4.74 Å². The third kappa shape index (κ3) is 3.73. The van der Waals surface area contributed by atoms with E-state index in [1.807, 2.05) is 32.0 Å². The van der Waals surface area contributed by atoms with E-state index in [-0.39, 0.29) is 11.5 Å². The Bertz CT molecular complexity index is 718. The lowest BCUT2D eigenvalue weighted by atomic mass is 9.93. The van der Waals surface area contributed by atoms with Crippen molar-refractivity contribution in [3.63, 3.8) is 0 Å². The van der Waals surface area contributed by atoms with Crippen molar-refractivity contribution in [1.82, 2.24) is 0 Å². The van der Waals surface area contributed by atoms with E-state index in [1.54, 1.807) is 6.07 Å². The number of ether oxygens (including phenoxy) is 1. The van der Waals surface area contributed by atoms with Crippen LogP contribution in [0.5, 0.6) is 0 Å². The fraction of sp³-hybridized carbons (Fsp3) is 0.278. The molecular formula is C18H17F3O2. The molecule has 0 bridgehead atoms. The molecule has 0 aliphatic carbocycles. The molecule has 2 nitrogen and oxygen atoms in total. The molecule has 0 heterocycles. The van der Waals surface area contributed by atoms with Gasteiger partial charge < -0.3 is 4.74 Å². The van der Waals surface area contributed by atoms with Crippen LogP contribution in [0.2, 0.25) is 0 Å². The molecule has 0 fully saturated rings. The summed E-state index contributed by atoms with van der Waals surface area (Å²) in [6.45, 7) is 4.04. The van der Waals surface area contributed by atoms with Crippen molar-refractivity contribution >= 4 is 5.97 Å². The number of hydrogen-bond donors (Lipinski definition) is 0. The summed E-state index contributed by atoms with van der Waals surface area (Å²) in [6, 6.07) is 10.5. The molecule has 2 aromatic carbocycles. The van der Waals surface area contributed by atoms with Crippen LogP contribution in [-0.4, -0.2) is 13.1 Å². The minimum Gasteiger partial charge on any atom is -0.465 e. The van der Waals surface area contributed by atoms with Crippen molar-refractivity contribution < 1.29 is 22.7 Å². The van der Waals surface area contributed by atoms with Crippen LogP contribution in [0, 0.1) is 0 Å². The molecule has 0 saturated carbocycles. The highest BCUT2D eigenvalue weighted by atomic mass is 19.4. The molecule has 122 valence electrons. The number of alkyl halides is 3. The van der Waals surface area contributed by atoms with Crippen LogP contribution in [-0.2, 0) is 10.9 Å². The first-order valence-electron chi connectivity index (χ1n) is 7.14. The standard InChI is InChI=1S/C18H17F3O2/c1-11(2)12-5-4-6-13(9-12)15-8-7-14(18(19,20)21)10-16(15)17(22)23-3/h4-11H,1-3H3. The highest BCUT2D eigenvalue weighted by Gasteiger charge is 2.32. The molecule has 2 aromatic rings. The second-order valence-corrected chi connectivity index (χ2v) is 5.53. The monoisotopic (exact) mass is 322 g/mol. The fourth-order valence-electron chi connectivity index (χ4n) is 2.32. The largest absolute Gasteiger partial charge is 0.465 e. The van der Waals surface area contributed by atoms with Gasteiger partial charge in [-0.1, -0.05) is 44.2 Å². The van der Waals surface area contributed by atoms with Crippen molar-refractivity contribution in [2.45, 2.75) is 25.9 Å². The van der Waals surface area contributed by atoms with Crippen molar-refractivity contribution in [3.05, 3.63) is 59.2 Å². The lowest BCUT2D eigenvalue weighted by Crippen LogP contribution is -2.10. The number of rotatable bonds is 3. The molecule has 23 heavy (non-hydrogen) atoms. The Morgan fingerprint density at radius 3 is 2.35 bits per heavy atom. The van der Waals surface area contributed by atoms with Gasteiger partial charge in [0.05, 0.1) is 18.2 Å². The normalized spacial score (nSPS) is 11.6. The van der Waals surface area contributed by atoms with Crippen molar-refractivity contribution in [3.8, 4) is 11.1 Å². The summed E-state index contributed by atoms with van der Waals surface area (Å²) >= 11 is 0. The van der Waals surface area contributed by atoms with Gasteiger partial charge in [0, 0.05) is 0 Å². The summed E-state index contributed by atoms with van der Waals surface area (Å²) < 4.78 is 43.3. The molecule has 5 heteroatoms. The Hall–Kier alpha value is -2.30. The molecule has 0 amide bonds. The molecule has 0 radical (unpaired) electrons. The zero-order valence-electron chi connectivity index (χ0n) is 13.1. The summed E-state index contributed by atoms with van der Waals surface area (Å²) in [5.74, 6) is -0.521. The van der Waals surface area contributed by atoms with E-state index < -0.39 is 17.7 Å². The molecule has 0 N–H and O–H groups in total. The highest BCUT2D eigenvalue weighted by Crippen LogP contribution is 2.34. The molecule has 0 aliphatic heterocycles. The van der Waals surface area contributed by atoms with Crippen LogP contribution < -0.4 is 0 Å². The number of benzene rings is 2. The molecule has 2 rings (SSSR count). The van der Waals surface area contributed by atoms with Crippen molar-refractivity contribution in [2.75, 3.05) is 7.11 Å². The maximum atomic E-state index is 12.9. The van der Waals surface area contributed by atoms with Crippen LogP contribution in [0.25, 0.3) is 11.1 Å². The fourth-order valence-corrected chi connectivity index (χ4v) is 2.32. The van der Waals surface area contributed by atoms with E-state index in [9.17, 15) is 18.0 Å². The highest BCUT2D eigenvalue weighted by molar-refractivity contribution is 5.97. The van der Waals surface area contributed by atoms with Crippen LogP contribution in [0.4, 0.5) is 13.2 Å². The third-order valence-electron chi connectivity index (χ3n) is 3.62. The van der Waals surface area contributed by atoms with Crippen molar-refractivity contribution in [2.24, 2.45) is 0 Å². The quantitative estimate of drug-likeness (QED) is 0.718. The number of methoxy groups -OCH3 is 1. The maximum absolute atomic E-state index is 12.9. The minimum atomic E-state index is -4.51. The van der Waals surface area contributed by atoms with E-state index >= 15 is 0 Å². The van der Waals surface area contributed by atoms with Gasteiger partial charge >= 0.3 is 12.1 Å². The van der Waals surface area contributed by atoms with E-state index in [4.69, 9.17) is 0 Å². The first-order chi connectivity index (χ1) is 10.7. The van der Waals surface area contributed by atoms with Crippen LogP contribution in [0.15, 0.2) is 42.5 Å². The van der Waals surface area contributed by atoms with Crippen LogP contribution >= 0.6 is 0 Å². The second-order valence-electron chi connectivity index (χ2n) is 5.53.